The molecule has 196 valence electrons. The number of hydrogen-bond acceptors (Lipinski definition) is 5. The Kier molecular flexibility index (Phi) is 7.54. The minimum absolute atomic E-state index is 0.0882. The van der Waals surface area contributed by atoms with E-state index < -0.39 is 16.1 Å². The summed E-state index contributed by atoms with van der Waals surface area (Å²) in [6, 6.07) is 13.9. The molecule has 0 radical (unpaired) electrons. The molecule has 0 spiro atoms. The molecule has 0 bridgehead atoms. The Balaban J connectivity index is 1.44. The zero-order valence-corrected chi connectivity index (χ0v) is 22.8. The number of carbonyl (C=O) groups excluding carboxylic acids is 1. The van der Waals surface area contributed by atoms with Crippen LogP contribution in [-0.4, -0.2) is 71.2 Å². The van der Waals surface area contributed by atoms with Gasteiger partial charge in [-0.3, -0.25) is 9.78 Å². The Morgan fingerprint density at radius 1 is 1.03 bits per heavy atom. The van der Waals surface area contributed by atoms with Crippen LogP contribution >= 0.6 is 11.6 Å². The zero-order chi connectivity index (χ0) is 26.2. The average Bonchev–Trinajstić information content (AvgIpc) is 3.28. The highest BCUT2D eigenvalue weighted by molar-refractivity contribution is 7.89. The maximum atomic E-state index is 14.1. The van der Waals surface area contributed by atoms with E-state index in [0.717, 1.165) is 42.3 Å². The Morgan fingerprint density at radius 3 is 2.46 bits per heavy atom. The summed E-state index contributed by atoms with van der Waals surface area (Å²) in [4.78, 5) is 22.4. The van der Waals surface area contributed by atoms with E-state index >= 15 is 0 Å². The lowest BCUT2D eigenvalue weighted by molar-refractivity contribution is -0.133. The summed E-state index contributed by atoms with van der Waals surface area (Å²) in [7, 11) is -3.97. The molecule has 0 unspecified atom stereocenters. The molecule has 0 N–H and O–H groups in total. The molecule has 1 atom stereocenters. The number of likely N-dealkylation sites (tertiary alicyclic amines) is 2. The van der Waals surface area contributed by atoms with Crippen LogP contribution in [0, 0.1) is 0 Å². The van der Waals surface area contributed by atoms with Gasteiger partial charge in [-0.05, 0) is 79.8 Å². The molecule has 5 rings (SSSR count). The van der Waals surface area contributed by atoms with Crippen LogP contribution in [0.4, 0.5) is 0 Å². The molecule has 0 aliphatic carbocycles. The number of nitrogens with zero attached hydrogens (tertiary/aromatic N) is 4. The van der Waals surface area contributed by atoms with Crippen molar-refractivity contribution in [2.45, 2.75) is 62.7 Å². The standard InChI is InChI=1S/C28H33ClN4O3S/c1-20(2)31-13-9-25(10-14-31)32-15-11-27(28(32)34)33(19-21-4-3-12-30-18-21)37(35,36)26-8-6-22-16-24(29)7-5-23(22)17-26/h3-8,12,16-18,20,25,27H,9-11,13-15,19H2,1-2H3/t27-/m0/s1. The Morgan fingerprint density at radius 2 is 1.76 bits per heavy atom. The predicted molar refractivity (Wildman–Crippen MR) is 146 cm³/mol. The summed E-state index contributed by atoms with van der Waals surface area (Å²) < 4.78 is 29.5. The number of pyridine rings is 1. The van der Waals surface area contributed by atoms with Gasteiger partial charge < -0.3 is 9.80 Å². The van der Waals surface area contributed by atoms with Crippen molar-refractivity contribution in [2.75, 3.05) is 19.6 Å². The summed E-state index contributed by atoms with van der Waals surface area (Å²) in [6.07, 6.45) is 5.62. The predicted octanol–water partition coefficient (Wildman–Crippen LogP) is 4.55. The fourth-order valence-electron chi connectivity index (χ4n) is 5.55. The van der Waals surface area contributed by atoms with Gasteiger partial charge in [-0.2, -0.15) is 4.31 Å². The van der Waals surface area contributed by atoms with Crippen molar-refractivity contribution in [1.29, 1.82) is 0 Å². The van der Waals surface area contributed by atoms with Crippen molar-refractivity contribution < 1.29 is 13.2 Å². The van der Waals surface area contributed by atoms with E-state index in [0.29, 0.717) is 24.0 Å². The molecule has 1 aromatic heterocycles. The second-order valence-corrected chi connectivity index (χ2v) is 12.6. The number of carbonyl (C=O) groups is 1. The number of halogens is 1. The first-order valence-electron chi connectivity index (χ1n) is 12.9. The third-order valence-electron chi connectivity index (χ3n) is 7.67. The van der Waals surface area contributed by atoms with E-state index in [2.05, 4.69) is 23.7 Å². The molecule has 37 heavy (non-hydrogen) atoms. The number of benzene rings is 2. The number of fused-ring (bicyclic) bond motifs is 1. The van der Waals surface area contributed by atoms with Crippen LogP contribution in [0.5, 0.6) is 0 Å². The lowest BCUT2D eigenvalue weighted by Gasteiger charge is -2.38. The molecule has 2 aliphatic heterocycles. The van der Waals surface area contributed by atoms with Crippen LogP contribution in [0.1, 0.15) is 38.7 Å². The van der Waals surface area contributed by atoms with E-state index in [1.165, 1.54) is 4.31 Å². The van der Waals surface area contributed by atoms with Gasteiger partial charge in [-0.25, -0.2) is 8.42 Å². The quantitative estimate of drug-likeness (QED) is 0.439. The fraction of sp³-hybridized carbons (Fsp3) is 0.429. The van der Waals surface area contributed by atoms with E-state index in [1.807, 2.05) is 23.1 Å². The van der Waals surface area contributed by atoms with E-state index in [-0.39, 0.29) is 23.4 Å². The third-order valence-corrected chi connectivity index (χ3v) is 9.76. The molecule has 3 heterocycles. The van der Waals surface area contributed by atoms with Gasteiger partial charge in [-0.1, -0.05) is 29.8 Å². The van der Waals surface area contributed by atoms with Gasteiger partial charge in [0.15, 0.2) is 0 Å². The summed E-state index contributed by atoms with van der Waals surface area (Å²) in [5, 5.41) is 2.24. The second-order valence-electron chi connectivity index (χ2n) is 10.3. The average molecular weight is 541 g/mol. The van der Waals surface area contributed by atoms with Gasteiger partial charge >= 0.3 is 0 Å². The van der Waals surface area contributed by atoms with E-state index in [1.54, 1.807) is 42.7 Å². The van der Waals surface area contributed by atoms with Gasteiger partial charge in [0.1, 0.15) is 6.04 Å². The number of piperidine rings is 1. The smallest absolute Gasteiger partial charge is 0.244 e. The van der Waals surface area contributed by atoms with Gasteiger partial charge in [0.05, 0.1) is 4.90 Å². The van der Waals surface area contributed by atoms with Crippen LogP contribution in [-0.2, 0) is 21.4 Å². The molecule has 9 heteroatoms. The molecular formula is C28H33ClN4O3S. The summed E-state index contributed by atoms with van der Waals surface area (Å²) in [5.74, 6) is -0.0944. The molecule has 3 aromatic rings. The number of hydrogen-bond donors (Lipinski definition) is 0. The highest BCUT2D eigenvalue weighted by Crippen LogP contribution is 2.31. The summed E-state index contributed by atoms with van der Waals surface area (Å²) >= 11 is 6.12. The normalized spacial score (nSPS) is 20.0. The van der Waals surface area contributed by atoms with Crippen LogP contribution in [0.15, 0.2) is 65.8 Å². The lowest BCUT2D eigenvalue weighted by Crippen LogP contribution is -2.50. The highest BCUT2D eigenvalue weighted by atomic mass is 35.5. The second kappa shape index (κ2) is 10.7. The van der Waals surface area contributed by atoms with Crippen LogP contribution in [0.25, 0.3) is 10.8 Å². The van der Waals surface area contributed by atoms with Crippen molar-refractivity contribution in [3.63, 3.8) is 0 Å². The molecule has 1 amide bonds. The van der Waals surface area contributed by atoms with Gasteiger partial charge in [0, 0.05) is 55.7 Å². The van der Waals surface area contributed by atoms with Gasteiger partial charge in [-0.15, -0.1) is 0 Å². The highest BCUT2D eigenvalue weighted by Gasteiger charge is 2.44. The minimum atomic E-state index is -3.97. The molecule has 2 aliphatic rings. The number of amides is 1. The van der Waals surface area contributed by atoms with Crippen molar-refractivity contribution in [3.8, 4) is 0 Å². The lowest BCUT2D eigenvalue weighted by atomic mass is 10.0. The van der Waals surface area contributed by atoms with Gasteiger partial charge in [0.25, 0.3) is 0 Å². The molecule has 2 fully saturated rings. The monoisotopic (exact) mass is 540 g/mol. The maximum Gasteiger partial charge on any atom is 0.244 e. The minimum Gasteiger partial charge on any atom is -0.338 e. The molecule has 0 saturated carbocycles. The summed E-state index contributed by atoms with van der Waals surface area (Å²) in [6.45, 7) is 6.96. The Bertz CT molecular complexity index is 1370. The molecule has 2 aromatic carbocycles. The van der Waals surface area contributed by atoms with E-state index in [4.69, 9.17) is 11.6 Å². The number of rotatable bonds is 7. The zero-order valence-electron chi connectivity index (χ0n) is 21.3. The molecule has 7 nitrogen and oxygen atoms in total. The first-order valence-corrected chi connectivity index (χ1v) is 14.7. The maximum absolute atomic E-state index is 14.1. The first-order chi connectivity index (χ1) is 17.7. The van der Waals surface area contributed by atoms with Crippen LogP contribution in [0.2, 0.25) is 5.02 Å². The van der Waals surface area contributed by atoms with Crippen molar-refractivity contribution in [2.24, 2.45) is 0 Å². The SMILES string of the molecule is CC(C)N1CCC(N2CC[C@H](N(Cc3cccnc3)S(=O)(=O)c3ccc4cc(Cl)ccc4c3)C2=O)CC1. The molecule has 2 saturated heterocycles. The van der Waals surface area contributed by atoms with Gasteiger partial charge in [0.2, 0.25) is 15.9 Å². The number of aromatic nitrogens is 1. The molecular weight excluding hydrogens is 508 g/mol. The fourth-order valence-corrected chi connectivity index (χ4v) is 7.37. The Labute approximate surface area is 224 Å². The van der Waals surface area contributed by atoms with Crippen molar-refractivity contribution in [1.82, 2.24) is 19.1 Å². The van der Waals surface area contributed by atoms with Crippen molar-refractivity contribution >= 4 is 38.3 Å². The van der Waals surface area contributed by atoms with Crippen LogP contribution in [0.3, 0.4) is 0 Å². The van der Waals surface area contributed by atoms with Crippen LogP contribution < -0.4 is 0 Å². The largest absolute Gasteiger partial charge is 0.338 e. The third kappa shape index (κ3) is 5.39. The Hall–Kier alpha value is -2.52. The summed E-state index contributed by atoms with van der Waals surface area (Å²) in [5.41, 5.74) is 0.745. The topological polar surface area (TPSA) is 73.8 Å². The number of sulfonamides is 1. The van der Waals surface area contributed by atoms with Crippen molar-refractivity contribution in [3.05, 3.63) is 71.5 Å². The van der Waals surface area contributed by atoms with E-state index in [9.17, 15) is 13.2 Å². The first kappa shape index (κ1) is 26.1.